The van der Waals surface area contributed by atoms with Crippen LogP contribution in [0, 0.1) is 20.8 Å². The Hall–Kier alpha value is -8.00. The van der Waals surface area contributed by atoms with E-state index in [4.69, 9.17) is 0 Å². The normalized spacial score (nSPS) is 12.0. The SMILES string of the molecule is Cc1ccc(-c2ccc3c(c2)c2ccccc2n3-c2ccccc2)cc1.Cc1ccc(-c2ccccc2)cc1.Cc1ccc2c(c1)C(c1ccccc1)(c1ccccc1)c1ccccc1-2. The van der Waals surface area contributed by atoms with Gasteiger partial charge >= 0.3 is 0 Å². The van der Waals surface area contributed by atoms with E-state index < -0.39 is 0 Å². The van der Waals surface area contributed by atoms with Crippen molar-refractivity contribution in [2.75, 3.05) is 0 Å². The summed E-state index contributed by atoms with van der Waals surface area (Å²) in [5, 5.41) is 2.59. The maximum atomic E-state index is 2.37. The molecule has 1 aliphatic rings. The van der Waals surface area contributed by atoms with E-state index in [1.54, 1.807) is 0 Å². The summed E-state index contributed by atoms with van der Waals surface area (Å²) in [5.74, 6) is 0. The fraction of sp³-hybridized carbons (Fsp3) is 0.0625. The molecule has 1 heteroatoms. The molecule has 0 unspecified atom stereocenters. The summed E-state index contributed by atoms with van der Waals surface area (Å²) in [5.41, 5.74) is 20.5. The van der Waals surface area contributed by atoms with Gasteiger partial charge in [-0.3, -0.25) is 0 Å². The van der Waals surface area contributed by atoms with Gasteiger partial charge in [-0.15, -0.1) is 0 Å². The van der Waals surface area contributed by atoms with Crippen LogP contribution in [0.15, 0.2) is 255 Å². The number of hydrogen-bond acceptors (Lipinski definition) is 0. The summed E-state index contributed by atoms with van der Waals surface area (Å²) in [6, 6.07) is 91.4. The third-order valence-electron chi connectivity index (χ3n) is 12.8. The van der Waals surface area contributed by atoms with Crippen LogP contribution in [-0.2, 0) is 5.41 Å². The molecule has 0 aliphatic heterocycles. The standard InChI is InChI=1S/C26H20.C25H19N.C13H12/c1-19-16-17-23-22-14-8-9-15-24(22)26(25(23)18-19,20-10-4-2-5-11-20)21-12-6-3-7-13-21;1-18-11-13-19(14-12-18)20-15-16-25-23(17-20)22-9-5-6-10-24(22)26(25)21-7-3-2-4-8-21;1-11-7-9-13(10-8-11)12-5-3-2-4-6-12/h2-18H,1H3;2-17H,1H3;2-10H,1H3. The highest BCUT2D eigenvalue weighted by atomic mass is 15.0. The number of nitrogens with zero attached hydrogens (tertiary/aromatic N) is 1. The molecule has 1 aromatic heterocycles. The Morgan fingerprint density at radius 3 is 1.37 bits per heavy atom. The largest absolute Gasteiger partial charge is 0.309 e. The van der Waals surface area contributed by atoms with E-state index >= 15 is 0 Å². The van der Waals surface area contributed by atoms with Crippen molar-refractivity contribution in [1.82, 2.24) is 4.57 Å². The molecule has 0 fully saturated rings. The van der Waals surface area contributed by atoms with Crippen molar-refractivity contribution >= 4 is 21.8 Å². The third kappa shape index (κ3) is 7.88. The Balaban J connectivity index is 0.000000122. The van der Waals surface area contributed by atoms with Crippen molar-refractivity contribution in [3.05, 3.63) is 294 Å². The van der Waals surface area contributed by atoms with E-state index in [1.807, 2.05) is 6.07 Å². The Kier molecular flexibility index (Phi) is 11.4. The van der Waals surface area contributed by atoms with E-state index in [0.717, 1.165) is 0 Å². The first-order valence-electron chi connectivity index (χ1n) is 22.6. The predicted molar refractivity (Wildman–Crippen MR) is 276 cm³/mol. The van der Waals surface area contributed by atoms with Gasteiger partial charge in [-0.05, 0) is 107 Å². The fourth-order valence-corrected chi connectivity index (χ4v) is 9.69. The number of aromatic nitrogens is 1. The van der Waals surface area contributed by atoms with Gasteiger partial charge in [0.2, 0.25) is 0 Å². The van der Waals surface area contributed by atoms with Gasteiger partial charge in [0.1, 0.15) is 0 Å². The van der Waals surface area contributed by atoms with Crippen molar-refractivity contribution in [2.45, 2.75) is 26.2 Å². The zero-order valence-corrected chi connectivity index (χ0v) is 37.2. The van der Waals surface area contributed by atoms with E-state index in [1.165, 1.54) is 99.8 Å². The van der Waals surface area contributed by atoms with Crippen molar-refractivity contribution in [3.63, 3.8) is 0 Å². The molecule has 0 amide bonds. The smallest absolute Gasteiger partial charge is 0.0713 e. The fourth-order valence-electron chi connectivity index (χ4n) is 9.69. The lowest BCUT2D eigenvalue weighted by molar-refractivity contribution is 0.767. The van der Waals surface area contributed by atoms with Gasteiger partial charge in [0.05, 0.1) is 16.4 Å². The highest BCUT2D eigenvalue weighted by Crippen LogP contribution is 2.56. The van der Waals surface area contributed by atoms with Gasteiger partial charge < -0.3 is 4.57 Å². The van der Waals surface area contributed by atoms with Crippen LogP contribution >= 0.6 is 0 Å². The Morgan fingerprint density at radius 2 is 0.738 bits per heavy atom. The molecule has 10 aromatic carbocycles. The Labute approximate surface area is 383 Å². The molecular weight excluding hydrogens is 783 g/mol. The molecule has 12 rings (SSSR count). The molecule has 1 nitrogen and oxygen atoms in total. The van der Waals surface area contributed by atoms with Crippen LogP contribution in [0.3, 0.4) is 0 Å². The molecule has 0 radical (unpaired) electrons. The maximum Gasteiger partial charge on any atom is 0.0713 e. The first-order valence-corrected chi connectivity index (χ1v) is 22.6. The summed E-state index contributed by atoms with van der Waals surface area (Å²) in [7, 11) is 0. The molecule has 11 aromatic rings. The number of fused-ring (bicyclic) bond motifs is 6. The lowest BCUT2D eigenvalue weighted by atomic mass is 9.67. The van der Waals surface area contributed by atoms with Crippen molar-refractivity contribution in [1.29, 1.82) is 0 Å². The zero-order chi connectivity index (χ0) is 44.2. The molecule has 0 saturated carbocycles. The van der Waals surface area contributed by atoms with Crippen LogP contribution in [0.4, 0.5) is 0 Å². The maximum absolute atomic E-state index is 2.37. The third-order valence-corrected chi connectivity index (χ3v) is 12.8. The van der Waals surface area contributed by atoms with E-state index in [9.17, 15) is 0 Å². The molecule has 0 bridgehead atoms. The summed E-state index contributed by atoms with van der Waals surface area (Å²) in [4.78, 5) is 0. The molecular formula is C64H51N. The average molecular weight is 834 g/mol. The molecule has 312 valence electrons. The van der Waals surface area contributed by atoms with Crippen molar-refractivity contribution < 1.29 is 0 Å². The van der Waals surface area contributed by atoms with E-state index in [2.05, 4.69) is 274 Å². The zero-order valence-electron chi connectivity index (χ0n) is 37.2. The monoisotopic (exact) mass is 833 g/mol. The first-order chi connectivity index (χ1) is 32.0. The molecule has 0 N–H and O–H groups in total. The van der Waals surface area contributed by atoms with Gasteiger partial charge in [0.15, 0.2) is 0 Å². The summed E-state index contributed by atoms with van der Waals surface area (Å²) in [6.45, 7) is 6.42. The number of para-hydroxylation sites is 2. The van der Waals surface area contributed by atoms with Gasteiger partial charge in [0, 0.05) is 16.5 Å². The highest BCUT2D eigenvalue weighted by Gasteiger charge is 2.45. The highest BCUT2D eigenvalue weighted by molar-refractivity contribution is 6.10. The molecule has 1 heterocycles. The minimum absolute atomic E-state index is 0.263. The second-order valence-corrected chi connectivity index (χ2v) is 17.1. The molecule has 0 saturated heterocycles. The lowest BCUT2D eigenvalue weighted by Crippen LogP contribution is -2.28. The van der Waals surface area contributed by atoms with Gasteiger partial charge in [-0.1, -0.05) is 241 Å². The van der Waals surface area contributed by atoms with Gasteiger partial charge in [-0.2, -0.15) is 0 Å². The first kappa shape index (κ1) is 41.0. The van der Waals surface area contributed by atoms with Gasteiger partial charge in [0.25, 0.3) is 0 Å². The second-order valence-electron chi connectivity index (χ2n) is 17.1. The Bertz CT molecular complexity index is 3310. The van der Waals surface area contributed by atoms with Crippen LogP contribution in [0.2, 0.25) is 0 Å². The topological polar surface area (TPSA) is 4.93 Å². The minimum Gasteiger partial charge on any atom is -0.309 e. The summed E-state index contributed by atoms with van der Waals surface area (Å²) < 4.78 is 2.35. The quantitative estimate of drug-likeness (QED) is 0.163. The molecule has 0 atom stereocenters. The molecule has 1 aliphatic carbocycles. The number of benzene rings is 10. The van der Waals surface area contributed by atoms with E-state index in [-0.39, 0.29) is 5.41 Å². The van der Waals surface area contributed by atoms with Crippen LogP contribution in [0.25, 0.3) is 60.9 Å². The van der Waals surface area contributed by atoms with E-state index in [0.29, 0.717) is 0 Å². The Morgan fingerprint density at radius 1 is 0.292 bits per heavy atom. The van der Waals surface area contributed by atoms with Crippen LogP contribution in [0.1, 0.15) is 38.9 Å². The minimum atomic E-state index is -0.263. The lowest BCUT2D eigenvalue weighted by Gasteiger charge is -2.34. The number of hydrogen-bond donors (Lipinski definition) is 0. The molecule has 0 spiro atoms. The summed E-state index contributed by atoms with van der Waals surface area (Å²) >= 11 is 0. The summed E-state index contributed by atoms with van der Waals surface area (Å²) in [6.07, 6.45) is 0. The van der Waals surface area contributed by atoms with Crippen LogP contribution < -0.4 is 0 Å². The number of aryl methyl sites for hydroxylation is 3. The van der Waals surface area contributed by atoms with Gasteiger partial charge in [-0.25, -0.2) is 0 Å². The molecule has 65 heavy (non-hydrogen) atoms. The van der Waals surface area contributed by atoms with Crippen molar-refractivity contribution in [2.24, 2.45) is 0 Å². The predicted octanol–water partition coefficient (Wildman–Crippen LogP) is 16.8. The number of rotatable bonds is 5. The van der Waals surface area contributed by atoms with Crippen molar-refractivity contribution in [3.8, 4) is 39.1 Å². The average Bonchev–Trinajstić information content (AvgIpc) is 3.86. The van der Waals surface area contributed by atoms with Crippen LogP contribution in [0.5, 0.6) is 0 Å². The van der Waals surface area contributed by atoms with Crippen LogP contribution in [-0.4, -0.2) is 4.57 Å². The second kappa shape index (κ2) is 18.0.